The number of hydrogen-bond donors (Lipinski definition) is 2. The summed E-state index contributed by atoms with van der Waals surface area (Å²) in [6.07, 6.45) is 1.26. The van der Waals surface area contributed by atoms with E-state index in [1.54, 1.807) is 12.1 Å². The molecule has 9 nitrogen and oxygen atoms in total. The molecule has 4 rings (SSSR count). The molecule has 1 aromatic heterocycles. The normalized spacial score (nSPS) is 15.8. The highest BCUT2D eigenvalue weighted by molar-refractivity contribution is 5.86. The highest BCUT2D eigenvalue weighted by atomic mass is 19.1. The minimum absolute atomic E-state index is 0.142. The fraction of sp³-hybridized carbons (Fsp3) is 0.300. The molecule has 156 valence electrons. The van der Waals surface area contributed by atoms with Crippen molar-refractivity contribution >= 4 is 22.3 Å². The van der Waals surface area contributed by atoms with Gasteiger partial charge in [-0.2, -0.15) is 0 Å². The van der Waals surface area contributed by atoms with Crippen LogP contribution >= 0.6 is 0 Å². The van der Waals surface area contributed by atoms with Gasteiger partial charge in [0.1, 0.15) is 11.5 Å². The molecule has 0 aliphatic carbocycles. The van der Waals surface area contributed by atoms with E-state index in [-0.39, 0.29) is 28.6 Å². The van der Waals surface area contributed by atoms with Crippen molar-refractivity contribution in [3.8, 4) is 0 Å². The smallest absolute Gasteiger partial charge is 0.293 e. The Bertz CT molecular complexity index is 1110. The fourth-order valence-electron chi connectivity index (χ4n) is 3.63. The van der Waals surface area contributed by atoms with Crippen LogP contribution in [-0.2, 0) is 4.74 Å². The van der Waals surface area contributed by atoms with Crippen LogP contribution in [0.15, 0.2) is 47.5 Å². The number of benzene rings is 2. The highest BCUT2D eigenvalue weighted by Gasteiger charge is 2.24. The monoisotopic (exact) mass is 413 g/mol. The van der Waals surface area contributed by atoms with Gasteiger partial charge in [-0.3, -0.25) is 19.8 Å². The van der Waals surface area contributed by atoms with Crippen molar-refractivity contribution in [1.29, 1.82) is 0 Å². The second-order valence-corrected chi connectivity index (χ2v) is 6.97. The molecule has 1 unspecified atom stereocenters. The maximum atomic E-state index is 13.4. The van der Waals surface area contributed by atoms with Gasteiger partial charge in [-0.1, -0.05) is 12.1 Å². The number of aromatic amines is 1. The Labute approximate surface area is 170 Å². The number of aromatic nitrogens is 2. The Morgan fingerprint density at radius 2 is 2.00 bits per heavy atom. The summed E-state index contributed by atoms with van der Waals surface area (Å²) in [6.45, 7) is 2.91. The van der Waals surface area contributed by atoms with E-state index in [1.807, 2.05) is 0 Å². The molecular weight excluding hydrogens is 393 g/mol. The van der Waals surface area contributed by atoms with Crippen LogP contribution < -0.4 is 10.9 Å². The largest absolute Gasteiger partial charge is 0.379 e. The van der Waals surface area contributed by atoms with Crippen molar-refractivity contribution in [2.75, 3.05) is 38.2 Å². The van der Waals surface area contributed by atoms with Crippen molar-refractivity contribution in [2.24, 2.45) is 0 Å². The van der Waals surface area contributed by atoms with Crippen LogP contribution in [-0.4, -0.2) is 52.6 Å². The lowest BCUT2D eigenvalue weighted by Gasteiger charge is -2.35. The molecule has 1 fully saturated rings. The van der Waals surface area contributed by atoms with Gasteiger partial charge in [0, 0.05) is 25.7 Å². The van der Waals surface area contributed by atoms with Crippen molar-refractivity contribution in [3.05, 3.63) is 74.6 Å². The number of ether oxygens (including phenoxy) is 1. The summed E-state index contributed by atoms with van der Waals surface area (Å²) in [6, 6.07) is 8.82. The van der Waals surface area contributed by atoms with Gasteiger partial charge >= 0.3 is 0 Å². The lowest BCUT2D eigenvalue weighted by molar-refractivity contribution is -0.383. The zero-order valence-electron chi connectivity index (χ0n) is 16.0. The van der Waals surface area contributed by atoms with E-state index in [9.17, 15) is 19.3 Å². The summed E-state index contributed by atoms with van der Waals surface area (Å²) >= 11 is 0. The van der Waals surface area contributed by atoms with Gasteiger partial charge in [-0.05, 0) is 23.8 Å². The predicted octanol–water partition coefficient (Wildman–Crippen LogP) is 2.46. The third kappa shape index (κ3) is 4.14. The molecule has 2 N–H and O–H groups in total. The molecule has 1 aliphatic rings. The Hall–Kier alpha value is -3.37. The van der Waals surface area contributed by atoms with Crippen LogP contribution in [0.3, 0.4) is 0 Å². The lowest BCUT2D eigenvalue weighted by Crippen LogP contribution is -2.41. The fourth-order valence-corrected chi connectivity index (χ4v) is 3.63. The lowest BCUT2D eigenvalue weighted by atomic mass is 10.0. The van der Waals surface area contributed by atoms with E-state index < -0.39 is 10.5 Å². The number of anilines is 1. The molecule has 2 heterocycles. The van der Waals surface area contributed by atoms with E-state index in [2.05, 4.69) is 20.2 Å². The number of rotatable bonds is 6. The Morgan fingerprint density at radius 3 is 2.70 bits per heavy atom. The number of nitro benzene ring substituents is 1. The first-order chi connectivity index (χ1) is 14.5. The van der Waals surface area contributed by atoms with E-state index in [4.69, 9.17) is 4.74 Å². The van der Waals surface area contributed by atoms with E-state index in [0.29, 0.717) is 38.4 Å². The molecule has 1 atom stereocenters. The number of nitrogens with zero attached hydrogens (tertiary/aromatic N) is 3. The van der Waals surface area contributed by atoms with Crippen molar-refractivity contribution in [2.45, 2.75) is 6.04 Å². The number of fused-ring (bicyclic) bond motifs is 1. The van der Waals surface area contributed by atoms with Crippen LogP contribution in [0.25, 0.3) is 10.9 Å². The predicted molar refractivity (Wildman–Crippen MR) is 109 cm³/mol. The number of morpholine rings is 1. The van der Waals surface area contributed by atoms with Gasteiger partial charge in [0.15, 0.2) is 0 Å². The quantitative estimate of drug-likeness (QED) is 0.471. The van der Waals surface area contributed by atoms with Gasteiger partial charge < -0.3 is 15.0 Å². The van der Waals surface area contributed by atoms with Crippen LogP contribution in [0.1, 0.15) is 11.6 Å². The molecule has 0 radical (unpaired) electrons. The van der Waals surface area contributed by atoms with E-state index in [0.717, 1.165) is 5.56 Å². The number of halogens is 1. The first-order valence-corrected chi connectivity index (χ1v) is 9.50. The first-order valence-electron chi connectivity index (χ1n) is 9.50. The molecule has 10 heteroatoms. The Kier molecular flexibility index (Phi) is 5.68. The summed E-state index contributed by atoms with van der Waals surface area (Å²) in [5.74, 6) is -0.325. The first kappa shape index (κ1) is 19.9. The van der Waals surface area contributed by atoms with Crippen molar-refractivity contribution in [3.63, 3.8) is 0 Å². The van der Waals surface area contributed by atoms with Crippen LogP contribution in [0.5, 0.6) is 0 Å². The molecule has 2 aromatic carbocycles. The van der Waals surface area contributed by atoms with Gasteiger partial charge in [0.25, 0.3) is 11.2 Å². The maximum Gasteiger partial charge on any atom is 0.293 e. The summed E-state index contributed by atoms with van der Waals surface area (Å²) in [4.78, 5) is 31.7. The second-order valence-electron chi connectivity index (χ2n) is 6.97. The highest BCUT2D eigenvalue weighted by Crippen LogP contribution is 2.30. The summed E-state index contributed by atoms with van der Waals surface area (Å²) < 4.78 is 18.8. The SMILES string of the molecule is O=c1[nH]cnc2cc(NCC(c3ccc(F)cc3)N3CCOCC3)c([N+](=O)[O-])cc12. The molecule has 0 spiro atoms. The molecule has 1 saturated heterocycles. The third-order valence-electron chi connectivity index (χ3n) is 5.18. The summed E-state index contributed by atoms with van der Waals surface area (Å²) in [5.41, 5.74) is 0.874. The van der Waals surface area contributed by atoms with Gasteiger partial charge in [-0.25, -0.2) is 9.37 Å². The van der Waals surface area contributed by atoms with E-state index in [1.165, 1.54) is 30.6 Å². The molecular formula is C20H20FN5O4. The van der Waals surface area contributed by atoms with Crippen LogP contribution in [0.4, 0.5) is 15.8 Å². The maximum absolute atomic E-state index is 13.4. The standard InChI is InChI=1S/C20H20FN5O4/c21-14-3-1-13(2-4-14)19(25-5-7-30-8-6-25)11-22-17-10-16-15(9-18(17)26(28)29)20(27)24-12-23-16/h1-4,9-10,12,19,22H,5-8,11H2,(H,23,24,27). The van der Waals surface area contributed by atoms with Crippen molar-refractivity contribution in [1.82, 2.24) is 14.9 Å². The van der Waals surface area contributed by atoms with Crippen LogP contribution in [0, 0.1) is 15.9 Å². The minimum Gasteiger partial charge on any atom is -0.379 e. The van der Waals surface area contributed by atoms with Gasteiger partial charge in [0.05, 0.1) is 41.4 Å². The zero-order valence-corrected chi connectivity index (χ0v) is 16.0. The molecule has 3 aromatic rings. The number of hydrogen-bond acceptors (Lipinski definition) is 7. The number of nitrogens with one attached hydrogen (secondary N) is 2. The zero-order chi connectivity index (χ0) is 21.1. The van der Waals surface area contributed by atoms with Crippen molar-refractivity contribution < 1.29 is 14.1 Å². The van der Waals surface area contributed by atoms with Gasteiger partial charge in [0.2, 0.25) is 0 Å². The minimum atomic E-state index is -0.532. The molecule has 0 saturated carbocycles. The Morgan fingerprint density at radius 1 is 1.27 bits per heavy atom. The Balaban J connectivity index is 1.66. The summed E-state index contributed by atoms with van der Waals surface area (Å²) in [5, 5.41) is 14.9. The number of H-pyrrole nitrogens is 1. The topological polar surface area (TPSA) is 113 Å². The molecule has 30 heavy (non-hydrogen) atoms. The summed E-state index contributed by atoms with van der Waals surface area (Å²) in [7, 11) is 0. The third-order valence-corrected chi connectivity index (χ3v) is 5.18. The molecule has 0 bridgehead atoms. The molecule has 1 aliphatic heterocycles. The average Bonchev–Trinajstić information content (AvgIpc) is 2.75. The second kappa shape index (κ2) is 8.56. The molecule has 0 amide bonds. The average molecular weight is 413 g/mol. The van der Waals surface area contributed by atoms with E-state index >= 15 is 0 Å². The number of nitro groups is 1. The van der Waals surface area contributed by atoms with Gasteiger partial charge in [-0.15, -0.1) is 0 Å². The van der Waals surface area contributed by atoms with Crippen LogP contribution in [0.2, 0.25) is 0 Å².